The topological polar surface area (TPSA) is 88.5 Å². The van der Waals surface area contributed by atoms with Gasteiger partial charge in [0, 0.05) is 39.2 Å². The number of hydrogen-bond acceptors (Lipinski definition) is 7. The summed E-state index contributed by atoms with van der Waals surface area (Å²) < 4.78 is 4.98. The Morgan fingerprint density at radius 1 is 1.26 bits per heavy atom. The van der Waals surface area contributed by atoms with Crippen molar-refractivity contribution < 1.29 is 9.45 Å². The molecule has 2 heterocycles. The number of anilines is 1. The average molecular weight is 317 g/mol. The van der Waals surface area contributed by atoms with Gasteiger partial charge in [-0.15, -0.1) is 0 Å². The van der Waals surface area contributed by atoms with Crippen molar-refractivity contribution in [2.75, 3.05) is 31.1 Å². The van der Waals surface area contributed by atoms with E-state index in [1.54, 1.807) is 19.1 Å². The van der Waals surface area contributed by atoms with Crippen LogP contribution in [0.5, 0.6) is 0 Å². The van der Waals surface area contributed by atoms with Gasteiger partial charge in [-0.1, -0.05) is 17.3 Å². The smallest absolute Gasteiger partial charge is 0.292 e. The van der Waals surface area contributed by atoms with E-state index < -0.39 is 0 Å². The molecule has 1 fully saturated rings. The summed E-state index contributed by atoms with van der Waals surface area (Å²) in [5.74, 6) is 1.24. The number of nitro groups is 1. The molecule has 1 aromatic carbocycles. The summed E-state index contributed by atoms with van der Waals surface area (Å²) in [7, 11) is 0. The lowest BCUT2D eigenvalue weighted by Gasteiger charge is -2.35. The first-order valence-corrected chi connectivity index (χ1v) is 7.55. The summed E-state index contributed by atoms with van der Waals surface area (Å²) in [4.78, 5) is 19.5. The van der Waals surface area contributed by atoms with Gasteiger partial charge in [-0.3, -0.25) is 15.0 Å². The molecule has 122 valence electrons. The number of rotatable bonds is 4. The summed E-state index contributed by atoms with van der Waals surface area (Å²) in [5.41, 5.74) is 1.83. The van der Waals surface area contributed by atoms with E-state index in [9.17, 15) is 10.1 Å². The SMILES string of the molecule is Cc1nc(CN2CCN(c3c(C)cccc3[N+](=O)[O-])CC2)no1. The van der Waals surface area contributed by atoms with Gasteiger partial charge in [0.25, 0.3) is 5.69 Å². The number of hydrogen-bond donors (Lipinski definition) is 0. The first kappa shape index (κ1) is 15.4. The van der Waals surface area contributed by atoms with E-state index in [1.165, 1.54) is 0 Å². The Hall–Kier alpha value is -2.48. The zero-order valence-corrected chi connectivity index (χ0v) is 13.2. The zero-order valence-electron chi connectivity index (χ0n) is 13.2. The van der Waals surface area contributed by atoms with Crippen LogP contribution in [0.25, 0.3) is 0 Å². The molecule has 0 amide bonds. The number of benzene rings is 1. The number of para-hydroxylation sites is 1. The van der Waals surface area contributed by atoms with Gasteiger partial charge in [0.1, 0.15) is 5.69 Å². The second-order valence-electron chi connectivity index (χ2n) is 5.69. The highest BCUT2D eigenvalue weighted by atomic mass is 16.6. The van der Waals surface area contributed by atoms with Crippen LogP contribution in [0.15, 0.2) is 22.7 Å². The molecule has 1 saturated heterocycles. The monoisotopic (exact) mass is 317 g/mol. The van der Waals surface area contributed by atoms with Crippen LogP contribution in [0.2, 0.25) is 0 Å². The van der Waals surface area contributed by atoms with Gasteiger partial charge in [-0.25, -0.2) is 0 Å². The lowest BCUT2D eigenvalue weighted by molar-refractivity contribution is -0.384. The molecular formula is C15H19N5O3. The van der Waals surface area contributed by atoms with Crippen LogP contribution in [-0.4, -0.2) is 46.1 Å². The van der Waals surface area contributed by atoms with Crippen LogP contribution < -0.4 is 4.90 Å². The predicted molar refractivity (Wildman–Crippen MR) is 84.4 cm³/mol. The highest BCUT2D eigenvalue weighted by Crippen LogP contribution is 2.32. The van der Waals surface area contributed by atoms with E-state index in [0.29, 0.717) is 18.3 Å². The number of aromatic nitrogens is 2. The molecule has 23 heavy (non-hydrogen) atoms. The van der Waals surface area contributed by atoms with E-state index in [1.807, 2.05) is 13.0 Å². The highest BCUT2D eigenvalue weighted by molar-refractivity contribution is 5.67. The van der Waals surface area contributed by atoms with Crippen molar-refractivity contribution in [1.82, 2.24) is 15.0 Å². The number of nitrogens with zero attached hydrogens (tertiary/aromatic N) is 5. The molecule has 1 aromatic heterocycles. The molecule has 8 nitrogen and oxygen atoms in total. The average Bonchev–Trinajstić information content (AvgIpc) is 2.93. The van der Waals surface area contributed by atoms with Gasteiger partial charge in [-0.2, -0.15) is 4.98 Å². The summed E-state index contributed by atoms with van der Waals surface area (Å²) in [6.45, 7) is 7.41. The van der Waals surface area contributed by atoms with Crippen molar-refractivity contribution in [3.8, 4) is 0 Å². The van der Waals surface area contributed by atoms with E-state index in [4.69, 9.17) is 4.52 Å². The fourth-order valence-corrected chi connectivity index (χ4v) is 2.94. The predicted octanol–water partition coefficient (Wildman–Crippen LogP) is 1.92. The van der Waals surface area contributed by atoms with Gasteiger partial charge in [0.15, 0.2) is 5.82 Å². The third-order valence-electron chi connectivity index (χ3n) is 4.04. The number of aryl methyl sites for hydroxylation is 2. The Bertz CT molecular complexity index is 707. The van der Waals surface area contributed by atoms with Gasteiger partial charge >= 0.3 is 0 Å². The van der Waals surface area contributed by atoms with Crippen LogP contribution in [-0.2, 0) is 6.54 Å². The first-order chi connectivity index (χ1) is 11.0. The molecule has 1 aliphatic heterocycles. The fourth-order valence-electron chi connectivity index (χ4n) is 2.94. The van der Waals surface area contributed by atoms with Gasteiger partial charge < -0.3 is 9.42 Å². The van der Waals surface area contributed by atoms with Crippen molar-refractivity contribution in [3.05, 3.63) is 45.6 Å². The lowest BCUT2D eigenvalue weighted by atomic mass is 10.1. The van der Waals surface area contributed by atoms with Crippen LogP contribution in [0.1, 0.15) is 17.3 Å². The molecule has 0 atom stereocenters. The van der Waals surface area contributed by atoms with Crippen LogP contribution in [0.3, 0.4) is 0 Å². The van der Waals surface area contributed by atoms with Gasteiger partial charge in [0.05, 0.1) is 11.5 Å². The Kier molecular flexibility index (Phi) is 4.24. The third kappa shape index (κ3) is 3.31. The zero-order chi connectivity index (χ0) is 16.4. The largest absolute Gasteiger partial charge is 0.363 e. The summed E-state index contributed by atoms with van der Waals surface area (Å²) in [6.07, 6.45) is 0. The maximum atomic E-state index is 11.3. The number of piperazine rings is 1. The molecule has 0 N–H and O–H groups in total. The molecule has 0 aliphatic carbocycles. The minimum Gasteiger partial charge on any atom is -0.363 e. The van der Waals surface area contributed by atoms with Crippen molar-refractivity contribution in [2.45, 2.75) is 20.4 Å². The van der Waals surface area contributed by atoms with E-state index >= 15 is 0 Å². The summed E-state index contributed by atoms with van der Waals surface area (Å²) >= 11 is 0. The Morgan fingerprint density at radius 3 is 2.61 bits per heavy atom. The van der Waals surface area contributed by atoms with Crippen LogP contribution in [0.4, 0.5) is 11.4 Å². The quantitative estimate of drug-likeness (QED) is 0.628. The molecule has 0 spiro atoms. The van der Waals surface area contributed by atoms with Crippen molar-refractivity contribution in [1.29, 1.82) is 0 Å². The highest BCUT2D eigenvalue weighted by Gasteiger charge is 2.25. The summed E-state index contributed by atoms with van der Waals surface area (Å²) in [5, 5.41) is 15.2. The second-order valence-corrected chi connectivity index (χ2v) is 5.69. The summed E-state index contributed by atoms with van der Waals surface area (Å²) in [6, 6.07) is 5.21. The minimum absolute atomic E-state index is 0.173. The molecule has 0 saturated carbocycles. The van der Waals surface area contributed by atoms with Crippen molar-refractivity contribution in [2.24, 2.45) is 0 Å². The molecule has 0 unspecified atom stereocenters. The first-order valence-electron chi connectivity index (χ1n) is 7.55. The van der Waals surface area contributed by atoms with Crippen molar-refractivity contribution >= 4 is 11.4 Å². The Balaban J connectivity index is 1.68. The maximum Gasteiger partial charge on any atom is 0.292 e. The number of nitro benzene ring substituents is 1. The van der Waals surface area contributed by atoms with Gasteiger partial charge in [0.2, 0.25) is 5.89 Å². The maximum absolute atomic E-state index is 11.3. The molecule has 2 aromatic rings. The second kappa shape index (κ2) is 6.33. The molecule has 0 radical (unpaired) electrons. The molecule has 3 rings (SSSR count). The minimum atomic E-state index is -0.309. The van der Waals surface area contributed by atoms with Crippen LogP contribution in [0, 0.1) is 24.0 Å². The molecule has 8 heteroatoms. The molecule has 1 aliphatic rings. The standard InChI is InChI=1S/C15H19N5O3/c1-11-4-3-5-13(20(21)22)15(11)19-8-6-18(7-9-19)10-14-16-12(2)23-17-14/h3-5H,6-10H2,1-2H3. The third-order valence-corrected chi connectivity index (χ3v) is 4.04. The van der Waals surface area contributed by atoms with Crippen molar-refractivity contribution in [3.63, 3.8) is 0 Å². The Labute approximate surface area is 133 Å². The van der Waals surface area contributed by atoms with E-state index in [2.05, 4.69) is 19.9 Å². The van der Waals surface area contributed by atoms with Gasteiger partial charge in [-0.05, 0) is 12.5 Å². The normalized spacial score (nSPS) is 15.8. The molecule has 0 bridgehead atoms. The molecular weight excluding hydrogens is 298 g/mol. The van der Waals surface area contributed by atoms with Crippen LogP contribution >= 0.6 is 0 Å². The van der Waals surface area contributed by atoms with E-state index in [-0.39, 0.29) is 10.6 Å². The Morgan fingerprint density at radius 2 is 2.00 bits per heavy atom. The fraction of sp³-hybridized carbons (Fsp3) is 0.467. The van der Waals surface area contributed by atoms with E-state index in [0.717, 1.165) is 37.4 Å². The lowest BCUT2D eigenvalue weighted by Crippen LogP contribution is -2.46.